The van der Waals surface area contributed by atoms with E-state index in [0.29, 0.717) is 11.5 Å². The molecule has 2 atom stereocenters. The van der Waals surface area contributed by atoms with Crippen molar-refractivity contribution in [2.24, 2.45) is 0 Å². The van der Waals surface area contributed by atoms with Crippen molar-refractivity contribution in [2.45, 2.75) is 37.6 Å². The molecule has 0 aliphatic heterocycles. The molecule has 28 heavy (non-hydrogen) atoms. The van der Waals surface area contributed by atoms with Crippen LogP contribution >= 0.6 is 0 Å². The number of imidazole rings is 1. The van der Waals surface area contributed by atoms with Crippen LogP contribution in [0.25, 0.3) is 11.0 Å². The second-order valence-electron chi connectivity index (χ2n) is 7.32. The molecule has 3 N–H and O–H groups in total. The number of H-pyrrole nitrogens is 1. The first kappa shape index (κ1) is 18.2. The number of nitrogens with zero attached hydrogens (tertiary/aromatic N) is 1. The number of amides is 2. The maximum atomic E-state index is 12.3. The molecule has 2 amide bonds. The van der Waals surface area contributed by atoms with Crippen molar-refractivity contribution in [3.63, 3.8) is 0 Å². The number of hydrogen-bond donors (Lipinski definition) is 3. The number of nitrogens with one attached hydrogen (secondary N) is 3. The Hall–Kier alpha value is -3.15. The third-order valence-corrected chi connectivity index (χ3v) is 5.28. The Balaban J connectivity index is 1.31. The molecule has 0 bridgehead atoms. The topological polar surface area (TPSA) is 86.9 Å². The number of aromatic amines is 1. The molecule has 2 unspecified atom stereocenters. The van der Waals surface area contributed by atoms with E-state index in [1.165, 1.54) is 0 Å². The highest BCUT2D eigenvalue weighted by Crippen LogP contribution is 2.32. The summed E-state index contributed by atoms with van der Waals surface area (Å²) in [7, 11) is 0. The molecule has 6 nitrogen and oxygen atoms in total. The number of aromatic nitrogens is 2. The minimum Gasteiger partial charge on any atom is -0.352 e. The largest absolute Gasteiger partial charge is 0.352 e. The molecule has 0 saturated heterocycles. The second-order valence-corrected chi connectivity index (χ2v) is 7.32. The predicted molar refractivity (Wildman–Crippen MR) is 108 cm³/mol. The zero-order valence-electron chi connectivity index (χ0n) is 15.7. The first-order valence-corrected chi connectivity index (χ1v) is 9.76. The summed E-state index contributed by atoms with van der Waals surface area (Å²) in [6.07, 6.45) is 3.92. The van der Waals surface area contributed by atoms with Gasteiger partial charge >= 0.3 is 0 Å². The summed E-state index contributed by atoms with van der Waals surface area (Å²) in [4.78, 5) is 32.5. The molecule has 0 radical (unpaired) electrons. The Morgan fingerprint density at radius 2 is 1.82 bits per heavy atom. The van der Waals surface area contributed by atoms with Gasteiger partial charge in [-0.2, -0.15) is 0 Å². The molecular formula is C22H24N4O2. The average molecular weight is 376 g/mol. The molecule has 3 aromatic rings. The van der Waals surface area contributed by atoms with Crippen molar-refractivity contribution in [1.82, 2.24) is 20.6 Å². The lowest BCUT2D eigenvalue weighted by Gasteiger charge is -2.28. The van der Waals surface area contributed by atoms with E-state index in [1.807, 2.05) is 30.3 Å². The van der Waals surface area contributed by atoms with Crippen molar-refractivity contribution in [3.05, 3.63) is 66.0 Å². The molecule has 1 aromatic heterocycles. The van der Waals surface area contributed by atoms with Gasteiger partial charge in [0.15, 0.2) is 0 Å². The summed E-state index contributed by atoms with van der Waals surface area (Å²) in [6.45, 7) is -0.0144. The number of benzene rings is 2. The normalized spacial score (nSPS) is 19.3. The first-order chi connectivity index (χ1) is 13.7. The van der Waals surface area contributed by atoms with Crippen LogP contribution in [0.3, 0.4) is 0 Å². The van der Waals surface area contributed by atoms with Crippen molar-refractivity contribution < 1.29 is 9.59 Å². The van der Waals surface area contributed by atoms with E-state index >= 15 is 0 Å². The number of hydrogen-bond acceptors (Lipinski definition) is 3. The molecule has 144 valence electrons. The fourth-order valence-corrected chi connectivity index (χ4v) is 3.87. The van der Waals surface area contributed by atoms with E-state index < -0.39 is 0 Å². The van der Waals surface area contributed by atoms with Gasteiger partial charge in [0.05, 0.1) is 17.6 Å². The van der Waals surface area contributed by atoms with Crippen molar-refractivity contribution >= 4 is 22.8 Å². The van der Waals surface area contributed by atoms with Crippen LogP contribution in [0, 0.1) is 0 Å². The van der Waals surface area contributed by atoms with Gasteiger partial charge in [0.25, 0.3) is 5.91 Å². The van der Waals surface area contributed by atoms with Gasteiger partial charge in [0, 0.05) is 17.5 Å². The Morgan fingerprint density at radius 3 is 2.64 bits per heavy atom. The monoisotopic (exact) mass is 376 g/mol. The molecule has 1 aliphatic rings. The standard InChI is InChI=1S/C22H24N4O2/c27-20(14-23-22(28)15-7-2-1-3-8-15)24-17-10-6-9-16(13-17)21-25-18-11-4-5-12-19(18)26-21/h1-5,7-8,11-12,16-17H,6,9-10,13-14H2,(H,23,28)(H,24,27)(H,25,26). The van der Waals surface area contributed by atoms with Gasteiger partial charge in [-0.25, -0.2) is 4.98 Å². The molecule has 2 aromatic carbocycles. The summed E-state index contributed by atoms with van der Waals surface area (Å²) >= 11 is 0. The SMILES string of the molecule is O=C(CNC(=O)c1ccccc1)NC1CCCC(c2nc3ccccc3[nH]2)C1. The van der Waals surface area contributed by atoms with Crippen LogP contribution in [0.5, 0.6) is 0 Å². The maximum absolute atomic E-state index is 12.3. The Morgan fingerprint density at radius 1 is 1.04 bits per heavy atom. The molecule has 1 fully saturated rings. The predicted octanol–water partition coefficient (Wildman–Crippen LogP) is 3.14. The summed E-state index contributed by atoms with van der Waals surface area (Å²) in [6, 6.07) is 17.0. The van der Waals surface area contributed by atoms with Gasteiger partial charge in [-0.1, -0.05) is 36.8 Å². The third-order valence-electron chi connectivity index (χ3n) is 5.28. The lowest BCUT2D eigenvalue weighted by molar-refractivity contribution is -0.121. The van der Waals surface area contributed by atoms with Gasteiger partial charge in [0.2, 0.25) is 5.91 Å². The van der Waals surface area contributed by atoms with Gasteiger partial charge < -0.3 is 15.6 Å². The zero-order chi connectivity index (χ0) is 19.3. The van der Waals surface area contributed by atoms with Crippen LogP contribution in [0.4, 0.5) is 0 Å². The molecule has 0 spiro atoms. The molecule has 1 aliphatic carbocycles. The van der Waals surface area contributed by atoms with Crippen LogP contribution in [-0.4, -0.2) is 34.4 Å². The highest BCUT2D eigenvalue weighted by molar-refractivity contribution is 5.96. The van der Waals surface area contributed by atoms with Crippen LogP contribution in [0.1, 0.15) is 47.8 Å². The summed E-state index contributed by atoms with van der Waals surface area (Å²) < 4.78 is 0. The fourth-order valence-electron chi connectivity index (χ4n) is 3.87. The summed E-state index contributed by atoms with van der Waals surface area (Å²) in [5.74, 6) is 0.918. The van der Waals surface area contributed by atoms with Crippen LogP contribution in [-0.2, 0) is 4.79 Å². The lowest BCUT2D eigenvalue weighted by atomic mass is 9.85. The molecule has 1 heterocycles. The van der Waals surface area contributed by atoms with E-state index in [-0.39, 0.29) is 24.4 Å². The van der Waals surface area contributed by atoms with Gasteiger partial charge in [0.1, 0.15) is 5.82 Å². The number of para-hydroxylation sites is 2. The van der Waals surface area contributed by atoms with E-state index in [2.05, 4.69) is 15.6 Å². The number of rotatable bonds is 5. The highest BCUT2D eigenvalue weighted by Gasteiger charge is 2.26. The smallest absolute Gasteiger partial charge is 0.251 e. The summed E-state index contributed by atoms with van der Waals surface area (Å²) in [5, 5.41) is 5.74. The average Bonchev–Trinajstić information content (AvgIpc) is 3.17. The van der Waals surface area contributed by atoms with Gasteiger partial charge in [-0.05, 0) is 43.5 Å². The van der Waals surface area contributed by atoms with Gasteiger partial charge in [-0.3, -0.25) is 9.59 Å². The summed E-state index contributed by atoms with van der Waals surface area (Å²) in [5.41, 5.74) is 2.58. The molecule has 6 heteroatoms. The first-order valence-electron chi connectivity index (χ1n) is 9.76. The lowest BCUT2D eigenvalue weighted by Crippen LogP contribution is -2.43. The zero-order valence-corrected chi connectivity index (χ0v) is 15.7. The van der Waals surface area contributed by atoms with E-state index in [9.17, 15) is 9.59 Å². The Kier molecular flexibility index (Phi) is 5.37. The van der Waals surface area contributed by atoms with Crippen molar-refractivity contribution in [3.8, 4) is 0 Å². The second kappa shape index (κ2) is 8.25. The minimum absolute atomic E-state index is 0.0144. The van der Waals surface area contributed by atoms with Crippen molar-refractivity contribution in [2.75, 3.05) is 6.54 Å². The Labute approximate surface area is 163 Å². The van der Waals surface area contributed by atoms with Crippen LogP contribution in [0.15, 0.2) is 54.6 Å². The van der Waals surface area contributed by atoms with E-state index in [1.54, 1.807) is 24.3 Å². The van der Waals surface area contributed by atoms with Crippen molar-refractivity contribution in [1.29, 1.82) is 0 Å². The number of fused-ring (bicyclic) bond motifs is 1. The van der Waals surface area contributed by atoms with E-state index in [0.717, 1.165) is 42.5 Å². The number of carbonyl (C=O) groups is 2. The minimum atomic E-state index is -0.237. The molecule has 1 saturated carbocycles. The van der Waals surface area contributed by atoms with Crippen LogP contribution in [0.2, 0.25) is 0 Å². The molecule has 4 rings (SSSR count). The Bertz CT molecular complexity index is 934. The van der Waals surface area contributed by atoms with Crippen LogP contribution < -0.4 is 10.6 Å². The highest BCUT2D eigenvalue weighted by atomic mass is 16.2. The number of carbonyl (C=O) groups excluding carboxylic acids is 2. The fraction of sp³-hybridized carbons (Fsp3) is 0.318. The third kappa shape index (κ3) is 4.22. The molecular weight excluding hydrogens is 352 g/mol. The van der Waals surface area contributed by atoms with E-state index in [4.69, 9.17) is 4.98 Å². The quantitative estimate of drug-likeness (QED) is 0.639. The van der Waals surface area contributed by atoms with Gasteiger partial charge in [-0.15, -0.1) is 0 Å². The maximum Gasteiger partial charge on any atom is 0.251 e.